The summed E-state index contributed by atoms with van der Waals surface area (Å²) in [6, 6.07) is 3.67. The normalized spacial score (nSPS) is 25.1. The molecule has 1 aromatic heterocycles. The lowest BCUT2D eigenvalue weighted by atomic mass is 9.81. The number of aryl methyl sites for hydroxylation is 1. The van der Waals surface area contributed by atoms with Gasteiger partial charge in [0.25, 0.3) is 0 Å². The molecule has 0 spiro atoms. The third-order valence-electron chi connectivity index (χ3n) is 3.66. The molecule has 0 amide bonds. The minimum atomic E-state index is -0.414. The minimum absolute atomic E-state index is 0.101. The number of carbonyl (C=O) groups excluding carboxylic acids is 1. The quantitative estimate of drug-likeness (QED) is 0.753. The van der Waals surface area contributed by atoms with Crippen LogP contribution in [0, 0.1) is 12.8 Å². The maximum Gasteiger partial charge on any atom is 0.170 e. The molecule has 1 saturated heterocycles. The number of nitrogens with zero attached hydrogens (tertiary/aromatic N) is 1. The van der Waals surface area contributed by atoms with Crippen LogP contribution < -0.4 is 0 Å². The van der Waals surface area contributed by atoms with E-state index in [9.17, 15) is 4.79 Å². The van der Waals surface area contributed by atoms with Gasteiger partial charge in [-0.1, -0.05) is 0 Å². The molecule has 18 heavy (non-hydrogen) atoms. The van der Waals surface area contributed by atoms with Crippen LogP contribution in [-0.2, 0) is 4.74 Å². The highest BCUT2D eigenvalue weighted by atomic mass is 16.5. The van der Waals surface area contributed by atoms with E-state index in [0.717, 1.165) is 17.7 Å². The van der Waals surface area contributed by atoms with Crippen LogP contribution in [0.15, 0.2) is 18.3 Å². The zero-order valence-corrected chi connectivity index (χ0v) is 11.8. The zero-order chi connectivity index (χ0) is 13.6. The largest absolute Gasteiger partial charge is 0.369 e. The molecule has 2 heterocycles. The number of ether oxygens (including phenoxy) is 1. The summed E-state index contributed by atoms with van der Waals surface area (Å²) in [6.45, 7) is 9.95. The number of hydrogen-bond acceptors (Lipinski definition) is 3. The predicted octanol–water partition coefficient (Wildman–Crippen LogP) is 3.17. The van der Waals surface area contributed by atoms with Crippen molar-refractivity contribution in [2.75, 3.05) is 0 Å². The van der Waals surface area contributed by atoms with Crippen LogP contribution in [0.25, 0.3) is 0 Å². The summed E-state index contributed by atoms with van der Waals surface area (Å²) in [5.41, 5.74) is 0.864. The molecule has 1 unspecified atom stereocenters. The minimum Gasteiger partial charge on any atom is -0.369 e. The van der Waals surface area contributed by atoms with Crippen LogP contribution in [0.1, 0.15) is 50.2 Å². The molecule has 0 saturated carbocycles. The summed E-state index contributed by atoms with van der Waals surface area (Å²) in [7, 11) is 0. The second kappa shape index (κ2) is 4.16. The van der Waals surface area contributed by atoms with Crippen molar-refractivity contribution in [3.8, 4) is 0 Å². The van der Waals surface area contributed by atoms with Crippen LogP contribution in [0.2, 0.25) is 0 Å². The Morgan fingerprint density at radius 1 is 1.39 bits per heavy atom. The first kappa shape index (κ1) is 13.2. The van der Waals surface area contributed by atoms with Crippen LogP contribution in [0.3, 0.4) is 0 Å². The Hall–Kier alpha value is -1.22. The van der Waals surface area contributed by atoms with Crippen molar-refractivity contribution >= 4 is 5.78 Å². The molecule has 3 nitrogen and oxygen atoms in total. The summed E-state index contributed by atoms with van der Waals surface area (Å²) < 4.78 is 5.99. The number of ketones is 1. The molecule has 1 fully saturated rings. The summed E-state index contributed by atoms with van der Waals surface area (Å²) >= 11 is 0. The maximum absolute atomic E-state index is 12.7. The van der Waals surface area contributed by atoms with Crippen molar-refractivity contribution in [1.82, 2.24) is 4.98 Å². The summed E-state index contributed by atoms with van der Waals surface area (Å²) in [6.07, 6.45) is 2.47. The number of Topliss-reactive ketones (excluding diaryl/α,β-unsaturated/α-hetero) is 1. The van der Waals surface area contributed by atoms with E-state index in [1.165, 1.54) is 0 Å². The highest BCUT2D eigenvalue weighted by Gasteiger charge is 2.49. The fraction of sp³-hybridized carbons (Fsp3) is 0.600. The topological polar surface area (TPSA) is 39.2 Å². The lowest BCUT2D eigenvalue weighted by molar-refractivity contribution is -0.0712. The van der Waals surface area contributed by atoms with Gasteiger partial charge < -0.3 is 4.74 Å². The number of hydrogen-bond donors (Lipinski definition) is 0. The number of pyridine rings is 1. The number of rotatable bonds is 2. The van der Waals surface area contributed by atoms with E-state index < -0.39 is 5.60 Å². The first-order valence-electron chi connectivity index (χ1n) is 6.39. The summed E-state index contributed by atoms with van der Waals surface area (Å²) in [4.78, 5) is 16.8. The van der Waals surface area contributed by atoms with Gasteiger partial charge in [-0.3, -0.25) is 9.78 Å². The molecule has 0 radical (unpaired) electrons. The third kappa shape index (κ3) is 2.32. The number of aromatic nitrogens is 1. The molecule has 0 aromatic carbocycles. The Balaban J connectivity index is 2.33. The standard InChI is InChI=1S/C15H21NO2/c1-10-11(7-6-8-16-10)13(17)12-9-14(2,3)18-15(12,4)5/h6-8,12H,9H2,1-5H3. The molecule has 1 aliphatic heterocycles. The molecular formula is C15H21NO2. The smallest absolute Gasteiger partial charge is 0.170 e. The Kier molecular flexibility index (Phi) is 3.06. The van der Waals surface area contributed by atoms with Gasteiger partial charge in [0, 0.05) is 17.5 Å². The van der Waals surface area contributed by atoms with E-state index in [2.05, 4.69) is 4.98 Å². The van der Waals surface area contributed by atoms with Crippen LogP contribution in [0.5, 0.6) is 0 Å². The average Bonchev–Trinajstić information content (AvgIpc) is 2.46. The van der Waals surface area contributed by atoms with Crippen LogP contribution in [0.4, 0.5) is 0 Å². The van der Waals surface area contributed by atoms with Gasteiger partial charge in [0.1, 0.15) is 0 Å². The highest BCUT2D eigenvalue weighted by molar-refractivity contribution is 5.99. The van der Waals surface area contributed by atoms with Gasteiger partial charge in [-0.05, 0) is 53.2 Å². The lowest BCUT2D eigenvalue weighted by Crippen LogP contribution is -2.34. The van der Waals surface area contributed by atoms with Crippen LogP contribution in [-0.4, -0.2) is 22.0 Å². The molecule has 98 valence electrons. The van der Waals surface area contributed by atoms with Crippen LogP contribution >= 0.6 is 0 Å². The van der Waals surface area contributed by atoms with E-state index in [1.54, 1.807) is 6.20 Å². The highest BCUT2D eigenvalue weighted by Crippen LogP contribution is 2.43. The van der Waals surface area contributed by atoms with Gasteiger partial charge in [0.2, 0.25) is 0 Å². The van der Waals surface area contributed by atoms with Gasteiger partial charge in [0.05, 0.1) is 17.1 Å². The third-order valence-corrected chi connectivity index (χ3v) is 3.66. The molecule has 0 N–H and O–H groups in total. The van der Waals surface area contributed by atoms with E-state index in [0.29, 0.717) is 0 Å². The van der Waals surface area contributed by atoms with Gasteiger partial charge in [0.15, 0.2) is 5.78 Å². The Labute approximate surface area is 109 Å². The van der Waals surface area contributed by atoms with E-state index in [1.807, 2.05) is 46.8 Å². The van der Waals surface area contributed by atoms with Gasteiger partial charge in [-0.15, -0.1) is 0 Å². The zero-order valence-electron chi connectivity index (χ0n) is 11.8. The average molecular weight is 247 g/mol. The van der Waals surface area contributed by atoms with E-state index in [4.69, 9.17) is 4.74 Å². The SMILES string of the molecule is Cc1ncccc1C(=O)C1CC(C)(C)OC1(C)C. The van der Waals surface area contributed by atoms with E-state index >= 15 is 0 Å². The van der Waals surface area contributed by atoms with E-state index in [-0.39, 0.29) is 17.3 Å². The maximum atomic E-state index is 12.7. The number of carbonyl (C=O) groups is 1. The lowest BCUT2D eigenvalue weighted by Gasteiger charge is -2.26. The fourth-order valence-electron chi connectivity index (χ4n) is 2.90. The molecule has 0 bridgehead atoms. The Morgan fingerprint density at radius 3 is 2.56 bits per heavy atom. The molecule has 0 aliphatic carbocycles. The predicted molar refractivity (Wildman–Crippen MR) is 70.7 cm³/mol. The fourth-order valence-corrected chi connectivity index (χ4v) is 2.90. The first-order valence-corrected chi connectivity index (χ1v) is 6.39. The van der Waals surface area contributed by atoms with Crippen molar-refractivity contribution in [3.63, 3.8) is 0 Å². The Morgan fingerprint density at radius 2 is 2.06 bits per heavy atom. The van der Waals surface area contributed by atoms with Crippen molar-refractivity contribution < 1.29 is 9.53 Å². The monoisotopic (exact) mass is 247 g/mol. The summed E-state index contributed by atoms with van der Waals surface area (Å²) in [5.74, 6) is 0.0478. The van der Waals surface area contributed by atoms with Crippen molar-refractivity contribution in [1.29, 1.82) is 0 Å². The molecular weight excluding hydrogens is 226 g/mol. The van der Waals surface area contributed by atoms with Crippen molar-refractivity contribution in [2.45, 2.75) is 52.2 Å². The van der Waals surface area contributed by atoms with Crippen molar-refractivity contribution in [3.05, 3.63) is 29.6 Å². The molecule has 3 heteroatoms. The Bertz CT molecular complexity index is 477. The second-order valence-corrected chi connectivity index (χ2v) is 6.22. The van der Waals surface area contributed by atoms with Crippen molar-refractivity contribution in [2.24, 2.45) is 5.92 Å². The molecule has 1 aliphatic rings. The molecule has 2 rings (SSSR count). The molecule has 1 atom stereocenters. The van der Waals surface area contributed by atoms with Gasteiger partial charge in [-0.2, -0.15) is 0 Å². The van der Waals surface area contributed by atoms with Gasteiger partial charge in [-0.25, -0.2) is 0 Å². The summed E-state index contributed by atoms with van der Waals surface area (Å²) in [5, 5.41) is 0. The first-order chi connectivity index (χ1) is 8.23. The van der Waals surface area contributed by atoms with Gasteiger partial charge >= 0.3 is 0 Å². The second-order valence-electron chi connectivity index (χ2n) is 6.22. The molecule has 1 aromatic rings.